The fourth-order valence-corrected chi connectivity index (χ4v) is 2.25. The molecule has 1 amide bonds. The number of carboxylic acids is 1. The van der Waals surface area contributed by atoms with E-state index >= 15 is 0 Å². The van der Waals surface area contributed by atoms with Gasteiger partial charge in [-0.3, -0.25) is 9.59 Å². The van der Waals surface area contributed by atoms with Crippen molar-refractivity contribution in [2.75, 3.05) is 19.3 Å². The molecule has 1 rings (SSSR count). The van der Waals surface area contributed by atoms with Crippen molar-refractivity contribution in [3.05, 3.63) is 35.9 Å². The monoisotopic (exact) mass is 267 g/mol. The Morgan fingerprint density at radius 2 is 1.94 bits per heavy atom. The van der Waals surface area contributed by atoms with Crippen LogP contribution in [0.25, 0.3) is 0 Å². The third kappa shape index (κ3) is 5.72. The van der Waals surface area contributed by atoms with Gasteiger partial charge in [-0.2, -0.15) is 0 Å². The highest BCUT2D eigenvalue weighted by Gasteiger charge is 2.10. The van der Waals surface area contributed by atoms with Crippen LogP contribution < -0.4 is 0 Å². The number of rotatable bonds is 7. The lowest BCUT2D eigenvalue weighted by Crippen LogP contribution is -2.30. The molecule has 0 saturated heterocycles. The molecular formula is C13H17NO3S. The standard InChI is InChI=1S/C13H17NO3S/c1-14(8-7-13(16)17)12(15)10-18-9-11-5-3-2-4-6-11/h2-6H,7-10H2,1H3,(H,16,17). The van der Waals surface area contributed by atoms with E-state index in [9.17, 15) is 9.59 Å². The number of hydrogen-bond donors (Lipinski definition) is 1. The van der Waals surface area contributed by atoms with E-state index in [1.54, 1.807) is 7.05 Å². The van der Waals surface area contributed by atoms with Crippen molar-refractivity contribution in [3.63, 3.8) is 0 Å². The normalized spacial score (nSPS) is 10.1. The van der Waals surface area contributed by atoms with Gasteiger partial charge in [0.15, 0.2) is 0 Å². The summed E-state index contributed by atoms with van der Waals surface area (Å²) >= 11 is 1.54. The van der Waals surface area contributed by atoms with Crippen molar-refractivity contribution in [1.82, 2.24) is 4.90 Å². The number of benzene rings is 1. The minimum absolute atomic E-state index is 0.00834. The molecule has 0 saturated carbocycles. The van der Waals surface area contributed by atoms with Gasteiger partial charge < -0.3 is 10.0 Å². The highest BCUT2D eigenvalue weighted by atomic mass is 32.2. The molecule has 0 bridgehead atoms. The molecule has 0 fully saturated rings. The van der Waals surface area contributed by atoms with Crippen LogP contribution in [0.2, 0.25) is 0 Å². The van der Waals surface area contributed by atoms with Gasteiger partial charge in [-0.05, 0) is 5.56 Å². The Balaban J connectivity index is 2.22. The molecule has 18 heavy (non-hydrogen) atoms. The van der Waals surface area contributed by atoms with Crippen LogP contribution in [0.3, 0.4) is 0 Å². The number of carbonyl (C=O) groups excluding carboxylic acids is 1. The number of carboxylic acid groups (broad SMARTS) is 1. The number of amides is 1. The van der Waals surface area contributed by atoms with E-state index in [2.05, 4.69) is 0 Å². The summed E-state index contributed by atoms with van der Waals surface area (Å²) in [4.78, 5) is 23.5. The van der Waals surface area contributed by atoms with Gasteiger partial charge >= 0.3 is 5.97 Å². The van der Waals surface area contributed by atoms with Crippen molar-refractivity contribution in [1.29, 1.82) is 0 Å². The lowest BCUT2D eigenvalue weighted by atomic mass is 10.2. The van der Waals surface area contributed by atoms with Gasteiger partial charge in [0.05, 0.1) is 12.2 Å². The second-order valence-corrected chi connectivity index (χ2v) is 4.92. The van der Waals surface area contributed by atoms with Crippen molar-refractivity contribution in [2.24, 2.45) is 0 Å². The average molecular weight is 267 g/mol. The maximum absolute atomic E-state index is 11.7. The first kappa shape index (κ1) is 14.6. The molecule has 1 aromatic rings. The number of aliphatic carboxylic acids is 1. The lowest BCUT2D eigenvalue weighted by Gasteiger charge is -2.15. The molecule has 1 N–H and O–H groups in total. The molecule has 0 radical (unpaired) electrons. The summed E-state index contributed by atoms with van der Waals surface area (Å²) in [5, 5.41) is 8.53. The zero-order valence-corrected chi connectivity index (χ0v) is 11.2. The molecule has 98 valence electrons. The summed E-state index contributed by atoms with van der Waals surface area (Å²) in [6.07, 6.45) is -0.00834. The predicted octanol–water partition coefficient (Wildman–Crippen LogP) is 1.85. The van der Waals surface area contributed by atoms with Gasteiger partial charge in [0.1, 0.15) is 0 Å². The summed E-state index contributed by atoms with van der Waals surface area (Å²) in [5.74, 6) is 0.258. The van der Waals surface area contributed by atoms with Gasteiger partial charge in [0, 0.05) is 19.3 Å². The van der Waals surface area contributed by atoms with Crippen LogP contribution >= 0.6 is 11.8 Å². The minimum Gasteiger partial charge on any atom is -0.481 e. The molecule has 0 aliphatic heterocycles. The Morgan fingerprint density at radius 1 is 1.28 bits per heavy atom. The van der Waals surface area contributed by atoms with Gasteiger partial charge in [-0.15, -0.1) is 11.8 Å². The fourth-order valence-electron chi connectivity index (χ4n) is 1.33. The zero-order valence-electron chi connectivity index (χ0n) is 10.3. The van der Waals surface area contributed by atoms with E-state index in [1.807, 2.05) is 30.3 Å². The van der Waals surface area contributed by atoms with Crippen LogP contribution in [0.15, 0.2) is 30.3 Å². The second kappa shape index (κ2) is 7.76. The first-order chi connectivity index (χ1) is 8.59. The molecule has 0 aliphatic rings. The van der Waals surface area contributed by atoms with Crippen LogP contribution in [-0.2, 0) is 15.3 Å². The molecule has 5 heteroatoms. The lowest BCUT2D eigenvalue weighted by molar-refractivity contribution is -0.137. The summed E-state index contributed by atoms with van der Waals surface area (Å²) in [6, 6.07) is 9.93. The SMILES string of the molecule is CN(CCC(=O)O)C(=O)CSCc1ccccc1. The number of thioether (sulfide) groups is 1. The van der Waals surface area contributed by atoms with Crippen molar-refractivity contribution in [2.45, 2.75) is 12.2 Å². The Morgan fingerprint density at radius 3 is 2.56 bits per heavy atom. The Kier molecular flexibility index (Phi) is 6.28. The molecule has 0 atom stereocenters. The number of hydrogen-bond acceptors (Lipinski definition) is 3. The van der Waals surface area contributed by atoms with Gasteiger partial charge in [-0.1, -0.05) is 30.3 Å². The summed E-state index contributed by atoms with van der Waals surface area (Å²) in [6.45, 7) is 0.264. The highest BCUT2D eigenvalue weighted by molar-refractivity contribution is 7.99. The second-order valence-electron chi connectivity index (χ2n) is 3.94. The van der Waals surface area contributed by atoms with Gasteiger partial charge in [-0.25, -0.2) is 0 Å². The minimum atomic E-state index is -0.883. The zero-order chi connectivity index (χ0) is 13.4. The fraction of sp³-hybridized carbons (Fsp3) is 0.385. The molecule has 0 spiro atoms. The topological polar surface area (TPSA) is 57.6 Å². The van der Waals surface area contributed by atoms with Crippen LogP contribution in [0.5, 0.6) is 0 Å². The molecule has 0 aromatic heterocycles. The highest BCUT2D eigenvalue weighted by Crippen LogP contribution is 2.12. The largest absolute Gasteiger partial charge is 0.481 e. The Hall–Kier alpha value is -1.49. The van der Waals surface area contributed by atoms with Crippen molar-refractivity contribution >= 4 is 23.6 Å². The summed E-state index contributed by atoms with van der Waals surface area (Å²) < 4.78 is 0. The molecule has 0 unspecified atom stereocenters. The van der Waals surface area contributed by atoms with Crippen LogP contribution in [0.4, 0.5) is 0 Å². The third-order valence-corrected chi connectivity index (χ3v) is 3.41. The van der Waals surface area contributed by atoms with E-state index < -0.39 is 5.97 Å². The summed E-state index contributed by atoms with van der Waals surface area (Å²) in [5.41, 5.74) is 1.18. The van der Waals surface area contributed by atoms with Crippen molar-refractivity contribution in [3.8, 4) is 0 Å². The molecule has 4 nitrogen and oxygen atoms in total. The Bertz CT molecular complexity index is 394. The Labute approximate surface area is 111 Å². The van der Waals surface area contributed by atoms with E-state index in [4.69, 9.17) is 5.11 Å². The molecule has 0 heterocycles. The van der Waals surface area contributed by atoms with Crippen LogP contribution in [-0.4, -0.2) is 41.2 Å². The summed E-state index contributed by atoms with van der Waals surface area (Å²) in [7, 11) is 1.63. The maximum Gasteiger partial charge on any atom is 0.305 e. The van der Waals surface area contributed by atoms with E-state index in [0.717, 1.165) is 5.75 Å². The first-order valence-corrected chi connectivity index (χ1v) is 6.82. The van der Waals surface area contributed by atoms with E-state index in [1.165, 1.54) is 22.2 Å². The number of carbonyl (C=O) groups is 2. The third-order valence-electron chi connectivity index (χ3n) is 2.42. The van der Waals surface area contributed by atoms with E-state index in [0.29, 0.717) is 5.75 Å². The number of nitrogens with zero attached hydrogens (tertiary/aromatic N) is 1. The van der Waals surface area contributed by atoms with Gasteiger partial charge in [0.2, 0.25) is 5.91 Å². The first-order valence-electron chi connectivity index (χ1n) is 5.67. The van der Waals surface area contributed by atoms with Crippen LogP contribution in [0.1, 0.15) is 12.0 Å². The predicted molar refractivity (Wildman–Crippen MR) is 72.5 cm³/mol. The average Bonchev–Trinajstić information content (AvgIpc) is 2.37. The maximum atomic E-state index is 11.7. The quantitative estimate of drug-likeness (QED) is 0.819. The van der Waals surface area contributed by atoms with Gasteiger partial charge in [0.25, 0.3) is 0 Å². The smallest absolute Gasteiger partial charge is 0.305 e. The molecular weight excluding hydrogens is 250 g/mol. The molecule has 1 aromatic carbocycles. The molecule has 0 aliphatic carbocycles. The van der Waals surface area contributed by atoms with Crippen molar-refractivity contribution < 1.29 is 14.7 Å². The van der Waals surface area contributed by atoms with Crippen LogP contribution in [0, 0.1) is 0 Å². The van der Waals surface area contributed by atoms with E-state index in [-0.39, 0.29) is 18.9 Å².